The van der Waals surface area contributed by atoms with Crippen LogP contribution in [-0.4, -0.2) is 74.7 Å². The summed E-state index contributed by atoms with van der Waals surface area (Å²) < 4.78 is 19.6. The third-order valence-corrected chi connectivity index (χ3v) is 6.27. The molecule has 8 nitrogen and oxygen atoms in total. The molecule has 184 valence electrons. The lowest BCUT2D eigenvalue weighted by molar-refractivity contribution is 0.0325. The topological polar surface area (TPSA) is 91.7 Å². The summed E-state index contributed by atoms with van der Waals surface area (Å²) in [6.45, 7) is 5.32. The molecule has 1 N–H and O–H groups in total. The van der Waals surface area contributed by atoms with Crippen LogP contribution < -0.4 is 4.74 Å². The van der Waals surface area contributed by atoms with Crippen LogP contribution in [0.4, 0.5) is 4.39 Å². The summed E-state index contributed by atoms with van der Waals surface area (Å²) in [6, 6.07) is 7.82. The number of aliphatic hydroxyl groups is 1. The largest absolute Gasteiger partial charge is 0.472 e. The van der Waals surface area contributed by atoms with Crippen molar-refractivity contribution in [2.45, 2.75) is 32.5 Å². The predicted molar refractivity (Wildman–Crippen MR) is 129 cm³/mol. The number of carbonyl (C=O) groups is 1. The second-order valence-electron chi connectivity index (χ2n) is 9.15. The van der Waals surface area contributed by atoms with E-state index in [4.69, 9.17) is 4.74 Å². The smallest absolute Gasteiger partial charge is 0.259 e. The number of rotatable bonds is 7. The van der Waals surface area contributed by atoms with Gasteiger partial charge < -0.3 is 14.7 Å². The number of pyridine rings is 1. The maximum absolute atomic E-state index is 13.5. The number of ether oxygens (including phenoxy) is 1. The summed E-state index contributed by atoms with van der Waals surface area (Å²) in [5, 5.41) is 9.84. The Bertz CT molecular complexity index is 1150. The monoisotopic (exact) mass is 479 g/mol. The minimum atomic E-state index is -0.364. The van der Waals surface area contributed by atoms with Crippen molar-refractivity contribution in [3.8, 4) is 17.0 Å². The van der Waals surface area contributed by atoms with Gasteiger partial charge in [-0.1, -0.05) is 19.1 Å². The molecule has 1 aliphatic rings. The van der Waals surface area contributed by atoms with Gasteiger partial charge in [0.2, 0.25) is 5.88 Å². The molecule has 0 unspecified atom stereocenters. The number of aliphatic hydroxyl groups excluding tert-OH is 1. The highest BCUT2D eigenvalue weighted by Gasteiger charge is 2.34. The van der Waals surface area contributed by atoms with E-state index in [0.29, 0.717) is 30.8 Å². The van der Waals surface area contributed by atoms with Gasteiger partial charge in [-0.3, -0.25) is 9.69 Å². The first-order valence-electron chi connectivity index (χ1n) is 11.6. The van der Waals surface area contributed by atoms with E-state index in [1.165, 1.54) is 18.5 Å². The second-order valence-corrected chi connectivity index (χ2v) is 9.15. The van der Waals surface area contributed by atoms with E-state index >= 15 is 0 Å². The number of nitrogens with zero attached hydrogens (tertiary/aromatic N) is 5. The molecule has 35 heavy (non-hydrogen) atoms. The van der Waals surface area contributed by atoms with Crippen molar-refractivity contribution < 1.29 is 19.0 Å². The van der Waals surface area contributed by atoms with Gasteiger partial charge in [0.05, 0.1) is 12.6 Å². The van der Waals surface area contributed by atoms with Crippen molar-refractivity contribution in [1.29, 1.82) is 0 Å². The molecule has 0 aliphatic carbocycles. The van der Waals surface area contributed by atoms with Crippen LogP contribution in [0, 0.1) is 11.7 Å². The van der Waals surface area contributed by atoms with E-state index in [0.717, 1.165) is 11.1 Å². The SMILES string of the molecule is C[C@H]1CN([C@@H](C)CO)C(=O)c2cc(-c3cncnc3)cnc2O[C@@H]1CN(C)Cc1ccc(F)cc1. The van der Waals surface area contributed by atoms with Gasteiger partial charge in [0.1, 0.15) is 23.8 Å². The van der Waals surface area contributed by atoms with Crippen LogP contribution in [0.1, 0.15) is 29.8 Å². The van der Waals surface area contributed by atoms with Crippen LogP contribution in [-0.2, 0) is 6.54 Å². The Morgan fingerprint density at radius 1 is 1.20 bits per heavy atom. The highest BCUT2D eigenvalue weighted by atomic mass is 19.1. The third-order valence-electron chi connectivity index (χ3n) is 6.27. The summed E-state index contributed by atoms with van der Waals surface area (Å²) in [5.74, 6) is -0.267. The maximum atomic E-state index is 13.5. The molecule has 1 amide bonds. The van der Waals surface area contributed by atoms with Crippen LogP contribution in [0.5, 0.6) is 5.88 Å². The van der Waals surface area contributed by atoms with E-state index in [-0.39, 0.29) is 42.3 Å². The van der Waals surface area contributed by atoms with Gasteiger partial charge in [0.15, 0.2) is 0 Å². The van der Waals surface area contributed by atoms with Gasteiger partial charge in [-0.05, 0) is 37.7 Å². The zero-order valence-electron chi connectivity index (χ0n) is 20.1. The minimum absolute atomic E-state index is 0.0271. The molecular weight excluding hydrogens is 449 g/mol. The highest BCUT2D eigenvalue weighted by Crippen LogP contribution is 2.30. The Morgan fingerprint density at radius 2 is 1.91 bits per heavy atom. The molecule has 3 atom stereocenters. The number of amides is 1. The fourth-order valence-corrected chi connectivity index (χ4v) is 4.20. The molecule has 2 aromatic heterocycles. The summed E-state index contributed by atoms with van der Waals surface area (Å²) in [6.07, 6.45) is 6.15. The molecule has 4 rings (SSSR count). The first-order valence-corrected chi connectivity index (χ1v) is 11.6. The number of halogens is 1. The van der Waals surface area contributed by atoms with Crippen molar-refractivity contribution >= 4 is 5.91 Å². The van der Waals surface area contributed by atoms with Crippen molar-refractivity contribution in [3.63, 3.8) is 0 Å². The van der Waals surface area contributed by atoms with Crippen molar-refractivity contribution in [2.75, 3.05) is 26.7 Å². The van der Waals surface area contributed by atoms with Crippen LogP contribution in [0.2, 0.25) is 0 Å². The first kappa shape index (κ1) is 24.7. The van der Waals surface area contributed by atoms with Crippen LogP contribution in [0.15, 0.2) is 55.2 Å². The molecule has 9 heteroatoms. The lowest BCUT2D eigenvalue weighted by Crippen LogP contribution is -2.49. The Morgan fingerprint density at radius 3 is 2.60 bits per heavy atom. The number of hydrogen-bond acceptors (Lipinski definition) is 7. The number of carbonyl (C=O) groups excluding carboxylic acids is 1. The van der Waals surface area contributed by atoms with Crippen molar-refractivity contribution in [1.82, 2.24) is 24.8 Å². The Kier molecular flexibility index (Phi) is 7.67. The van der Waals surface area contributed by atoms with Gasteiger partial charge in [0.25, 0.3) is 5.91 Å². The van der Waals surface area contributed by atoms with Crippen molar-refractivity contribution in [2.24, 2.45) is 5.92 Å². The molecular formula is C26H30FN5O3. The molecule has 0 fully saturated rings. The summed E-state index contributed by atoms with van der Waals surface area (Å²) >= 11 is 0. The second kappa shape index (κ2) is 10.9. The molecule has 0 spiro atoms. The third kappa shape index (κ3) is 5.80. The lowest BCUT2D eigenvalue weighted by atomic mass is 9.99. The lowest BCUT2D eigenvalue weighted by Gasteiger charge is -2.37. The van der Waals surface area contributed by atoms with Gasteiger partial charge >= 0.3 is 0 Å². The van der Waals surface area contributed by atoms with E-state index < -0.39 is 0 Å². The molecule has 3 heterocycles. The van der Waals surface area contributed by atoms with E-state index in [1.807, 2.05) is 20.9 Å². The summed E-state index contributed by atoms with van der Waals surface area (Å²) in [4.78, 5) is 29.9. The number of fused-ring (bicyclic) bond motifs is 1. The van der Waals surface area contributed by atoms with Crippen LogP contribution in [0.3, 0.4) is 0 Å². The predicted octanol–water partition coefficient (Wildman–Crippen LogP) is 3.03. The molecule has 0 radical (unpaired) electrons. The average molecular weight is 480 g/mol. The molecule has 1 aliphatic heterocycles. The van der Waals surface area contributed by atoms with Crippen LogP contribution in [0.25, 0.3) is 11.1 Å². The molecule has 0 saturated heterocycles. The zero-order chi connectivity index (χ0) is 24.9. The quantitative estimate of drug-likeness (QED) is 0.557. The summed E-state index contributed by atoms with van der Waals surface area (Å²) in [7, 11) is 1.98. The molecule has 3 aromatic rings. The minimum Gasteiger partial charge on any atom is -0.472 e. The first-order chi connectivity index (χ1) is 16.9. The normalized spacial score (nSPS) is 19.0. The maximum Gasteiger partial charge on any atom is 0.259 e. The molecule has 1 aromatic carbocycles. The number of benzene rings is 1. The Hall–Kier alpha value is -3.43. The fraction of sp³-hybridized carbons (Fsp3) is 0.385. The number of likely N-dealkylation sites (N-methyl/N-ethyl adjacent to an activating group) is 1. The van der Waals surface area contributed by atoms with E-state index in [9.17, 15) is 14.3 Å². The Balaban J connectivity index is 1.63. The highest BCUT2D eigenvalue weighted by molar-refractivity contribution is 5.98. The fourth-order valence-electron chi connectivity index (χ4n) is 4.20. The number of hydrogen-bond donors (Lipinski definition) is 1. The van der Waals surface area contributed by atoms with Gasteiger partial charge in [-0.15, -0.1) is 0 Å². The Labute approximate surface area is 204 Å². The standard InChI is InChI=1S/C26H30FN5O3/c1-17-12-32(18(2)15-33)26(34)23-8-20(21-9-28-16-29-10-21)11-30-25(23)35-24(17)14-31(3)13-19-4-6-22(27)7-5-19/h4-11,16-18,24,33H,12-15H2,1-3H3/t17-,18-,24+/m0/s1. The van der Waals surface area contributed by atoms with Gasteiger partial charge in [0, 0.05) is 55.3 Å². The van der Waals surface area contributed by atoms with Crippen molar-refractivity contribution in [3.05, 3.63) is 72.2 Å². The zero-order valence-corrected chi connectivity index (χ0v) is 20.1. The molecule has 0 bridgehead atoms. The van der Waals surface area contributed by atoms with E-state index in [1.54, 1.807) is 41.7 Å². The van der Waals surface area contributed by atoms with Gasteiger partial charge in [-0.2, -0.15) is 0 Å². The summed E-state index contributed by atoms with van der Waals surface area (Å²) in [5.41, 5.74) is 2.77. The molecule has 0 saturated carbocycles. The average Bonchev–Trinajstić information content (AvgIpc) is 2.87. The van der Waals surface area contributed by atoms with Crippen LogP contribution >= 0.6 is 0 Å². The van der Waals surface area contributed by atoms with Gasteiger partial charge in [-0.25, -0.2) is 19.3 Å². The number of aromatic nitrogens is 3. The van der Waals surface area contributed by atoms with E-state index in [2.05, 4.69) is 19.9 Å².